The van der Waals surface area contributed by atoms with Crippen molar-refractivity contribution in [3.05, 3.63) is 83.3 Å². The smallest absolute Gasteiger partial charge is 0.335 e. The number of carboxylic acids is 1. The fraction of sp³-hybridized carbons (Fsp3) is 0.192. The highest BCUT2D eigenvalue weighted by molar-refractivity contribution is 6.04. The molecule has 34 heavy (non-hydrogen) atoms. The highest BCUT2D eigenvalue weighted by atomic mass is 19.2. The number of benzene rings is 3. The van der Waals surface area contributed by atoms with Gasteiger partial charge >= 0.3 is 5.97 Å². The fourth-order valence-corrected chi connectivity index (χ4v) is 4.95. The SMILES string of the molecule is O=C(O)c1ccc(-c2c(C3(O)CCCC3)n(-c3ccc(F)c(F)c3)c3cc(F)cc(O)c23)cc1. The minimum Gasteiger partial charge on any atom is -0.507 e. The minimum absolute atomic E-state index is 0.0458. The number of nitrogens with zero attached hydrogens (tertiary/aromatic N) is 1. The van der Waals surface area contributed by atoms with Gasteiger partial charge in [0, 0.05) is 23.4 Å². The van der Waals surface area contributed by atoms with Crippen molar-refractivity contribution in [1.29, 1.82) is 0 Å². The third-order valence-electron chi connectivity index (χ3n) is 6.47. The Balaban J connectivity index is 1.94. The first-order valence-corrected chi connectivity index (χ1v) is 10.8. The zero-order valence-electron chi connectivity index (χ0n) is 17.9. The van der Waals surface area contributed by atoms with E-state index in [-0.39, 0.29) is 22.2 Å². The van der Waals surface area contributed by atoms with E-state index in [1.54, 1.807) is 12.1 Å². The van der Waals surface area contributed by atoms with Crippen LogP contribution in [0.4, 0.5) is 13.2 Å². The summed E-state index contributed by atoms with van der Waals surface area (Å²) in [5.41, 5.74) is 0.119. The first-order chi connectivity index (χ1) is 16.2. The van der Waals surface area contributed by atoms with E-state index < -0.39 is 34.8 Å². The summed E-state index contributed by atoms with van der Waals surface area (Å²) in [6.45, 7) is 0. The van der Waals surface area contributed by atoms with Crippen molar-refractivity contribution in [2.75, 3.05) is 0 Å². The van der Waals surface area contributed by atoms with Gasteiger partial charge in [0.1, 0.15) is 17.2 Å². The summed E-state index contributed by atoms with van der Waals surface area (Å²) in [6, 6.07) is 11.2. The zero-order chi connectivity index (χ0) is 24.2. The second-order valence-corrected chi connectivity index (χ2v) is 8.60. The van der Waals surface area contributed by atoms with Gasteiger partial charge in [-0.3, -0.25) is 0 Å². The number of aliphatic hydroxyl groups is 1. The van der Waals surface area contributed by atoms with Crippen molar-refractivity contribution >= 4 is 16.9 Å². The molecule has 1 aliphatic rings. The largest absolute Gasteiger partial charge is 0.507 e. The summed E-state index contributed by atoms with van der Waals surface area (Å²) in [6.07, 6.45) is 2.17. The molecule has 0 radical (unpaired) electrons. The fourth-order valence-electron chi connectivity index (χ4n) is 4.95. The lowest BCUT2D eigenvalue weighted by Gasteiger charge is -2.27. The van der Waals surface area contributed by atoms with Crippen LogP contribution in [0, 0.1) is 17.5 Å². The normalized spacial score (nSPS) is 15.2. The molecule has 4 aromatic rings. The summed E-state index contributed by atoms with van der Waals surface area (Å²) in [4.78, 5) is 11.3. The van der Waals surface area contributed by atoms with Crippen LogP contribution in [0.2, 0.25) is 0 Å². The first kappa shape index (κ1) is 22.0. The van der Waals surface area contributed by atoms with E-state index >= 15 is 0 Å². The van der Waals surface area contributed by atoms with Crippen molar-refractivity contribution in [1.82, 2.24) is 4.57 Å². The predicted octanol–water partition coefficient (Wildman–Crippen LogP) is 5.88. The van der Waals surface area contributed by atoms with Crippen LogP contribution in [0.1, 0.15) is 41.7 Å². The Morgan fingerprint density at radius 2 is 1.59 bits per heavy atom. The van der Waals surface area contributed by atoms with Gasteiger partial charge in [-0.2, -0.15) is 0 Å². The van der Waals surface area contributed by atoms with Crippen LogP contribution >= 0.6 is 0 Å². The molecule has 5 nitrogen and oxygen atoms in total. The minimum atomic E-state index is -1.40. The van der Waals surface area contributed by atoms with Gasteiger partial charge in [0.05, 0.1) is 22.2 Å². The van der Waals surface area contributed by atoms with E-state index in [1.165, 1.54) is 22.8 Å². The summed E-state index contributed by atoms with van der Waals surface area (Å²) in [7, 11) is 0. The van der Waals surface area contributed by atoms with E-state index in [1.807, 2.05) is 0 Å². The topological polar surface area (TPSA) is 82.7 Å². The molecule has 3 aromatic carbocycles. The number of aromatic hydroxyl groups is 1. The predicted molar refractivity (Wildman–Crippen MR) is 120 cm³/mol. The Morgan fingerprint density at radius 3 is 2.21 bits per heavy atom. The molecule has 0 saturated heterocycles. The van der Waals surface area contributed by atoms with Crippen LogP contribution in [0.25, 0.3) is 27.7 Å². The molecular weight excluding hydrogens is 447 g/mol. The maximum Gasteiger partial charge on any atom is 0.335 e. The summed E-state index contributed by atoms with van der Waals surface area (Å²) >= 11 is 0. The number of phenolic OH excluding ortho intramolecular Hbond substituents is 1. The van der Waals surface area contributed by atoms with Gasteiger partial charge in [0.25, 0.3) is 0 Å². The van der Waals surface area contributed by atoms with Gasteiger partial charge in [0.15, 0.2) is 11.6 Å². The maximum absolute atomic E-state index is 14.5. The van der Waals surface area contributed by atoms with Crippen LogP contribution in [-0.2, 0) is 5.60 Å². The lowest BCUT2D eigenvalue weighted by Crippen LogP contribution is -2.25. The molecule has 0 atom stereocenters. The molecule has 0 spiro atoms. The Kier molecular flexibility index (Phi) is 5.13. The highest BCUT2D eigenvalue weighted by Gasteiger charge is 2.40. The molecular formula is C26H20F3NO4. The lowest BCUT2D eigenvalue weighted by atomic mass is 9.89. The number of fused-ring (bicyclic) bond motifs is 1. The molecule has 8 heteroatoms. The van der Waals surface area contributed by atoms with Crippen LogP contribution in [0.5, 0.6) is 5.75 Å². The first-order valence-electron chi connectivity index (χ1n) is 10.8. The Bertz CT molecular complexity index is 1440. The highest BCUT2D eigenvalue weighted by Crippen LogP contribution is 2.50. The molecule has 1 saturated carbocycles. The second-order valence-electron chi connectivity index (χ2n) is 8.60. The van der Waals surface area contributed by atoms with E-state index in [2.05, 4.69) is 0 Å². The average molecular weight is 467 g/mol. The van der Waals surface area contributed by atoms with Crippen molar-refractivity contribution < 1.29 is 33.3 Å². The van der Waals surface area contributed by atoms with E-state index in [9.17, 15) is 33.3 Å². The van der Waals surface area contributed by atoms with Crippen LogP contribution in [0.3, 0.4) is 0 Å². The molecule has 0 amide bonds. The second kappa shape index (κ2) is 7.92. The van der Waals surface area contributed by atoms with Gasteiger partial charge in [-0.1, -0.05) is 25.0 Å². The molecule has 1 heterocycles. The van der Waals surface area contributed by atoms with Gasteiger partial charge in [-0.15, -0.1) is 0 Å². The molecule has 0 unspecified atom stereocenters. The molecule has 0 bridgehead atoms. The standard InChI is InChI=1S/C26H20F3NO4/c27-16-11-20-23(21(31)12-16)22(14-3-5-15(6-4-14)25(32)33)24(26(34)9-1-2-10-26)30(20)17-7-8-18(28)19(29)13-17/h3-8,11-13,31,34H,1-2,9-10H2,(H,32,33). The number of hydrogen-bond acceptors (Lipinski definition) is 3. The number of rotatable bonds is 4. The quantitative estimate of drug-likeness (QED) is 0.350. The lowest BCUT2D eigenvalue weighted by molar-refractivity contribution is 0.0392. The summed E-state index contributed by atoms with van der Waals surface area (Å²) in [5, 5.41) is 32.0. The zero-order valence-corrected chi connectivity index (χ0v) is 17.9. The number of carbonyl (C=O) groups is 1. The summed E-state index contributed by atoms with van der Waals surface area (Å²) in [5.74, 6) is -4.42. The molecule has 1 fully saturated rings. The van der Waals surface area contributed by atoms with Gasteiger partial charge in [-0.05, 0) is 48.7 Å². The number of hydrogen-bond donors (Lipinski definition) is 3. The van der Waals surface area contributed by atoms with Crippen LogP contribution in [0.15, 0.2) is 54.6 Å². The van der Waals surface area contributed by atoms with Crippen molar-refractivity contribution in [2.24, 2.45) is 0 Å². The summed E-state index contributed by atoms with van der Waals surface area (Å²) < 4.78 is 43.9. The van der Waals surface area contributed by atoms with E-state index in [0.717, 1.165) is 24.3 Å². The monoisotopic (exact) mass is 467 g/mol. The van der Waals surface area contributed by atoms with E-state index in [4.69, 9.17) is 0 Å². The van der Waals surface area contributed by atoms with Gasteiger partial charge in [0.2, 0.25) is 0 Å². The molecule has 1 aromatic heterocycles. The van der Waals surface area contributed by atoms with Crippen molar-refractivity contribution in [2.45, 2.75) is 31.3 Å². The Hall–Kier alpha value is -3.78. The van der Waals surface area contributed by atoms with E-state index in [0.29, 0.717) is 42.5 Å². The average Bonchev–Trinajstić information content (AvgIpc) is 3.38. The number of aromatic nitrogens is 1. The van der Waals surface area contributed by atoms with Crippen LogP contribution < -0.4 is 0 Å². The Morgan fingerprint density at radius 1 is 0.912 bits per heavy atom. The molecule has 1 aliphatic carbocycles. The molecule has 174 valence electrons. The third kappa shape index (κ3) is 3.42. The number of phenols is 1. The molecule has 5 rings (SSSR count). The van der Waals surface area contributed by atoms with Crippen LogP contribution in [-0.4, -0.2) is 25.9 Å². The third-order valence-corrected chi connectivity index (χ3v) is 6.47. The van der Waals surface area contributed by atoms with Crippen molar-refractivity contribution in [3.63, 3.8) is 0 Å². The number of aromatic carboxylic acids is 1. The Labute approximate surface area is 192 Å². The molecule has 3 N–H and O–H groups in total. The van der Waals surface area contributed by atoms with Crippen molar-refractivity contribution in [3.8, 4) is 22.6 Å². The number of halogens is 3. The maximum atomic E-state index is 14.5. The number of carboxylic acid groups (broad SMARTS) is 1. The van der Waals surface area contributed by atoms with Gasteiger partial charge < -0.3 is 19.9 Å². The van der Waals surface area contributed by atoms with Gasteiger partial charge in [-0.25, -0.2) is 18.0 Å². The molecule has 0 aliphatic heterocycles.